The highest BCUT2D eigenvalue weighted by Gasteiger charge is 2.32. The van der Waals surface area contributed by atoms with E-state index in [1.54, 1.807) is 7.05 Å². The van der Waals surface area contributed by atoms with Crippen LogP contribution in [0.2, 0.25) is 0 Å². The van der Waals surface area contributed by atoms with Gasteiger partial charge in [-0.15, -0.1) is 0 Å². The second-order valence-electron chi connectivity index (χ2n) is 7.66. The number of hydrogen-bond donors (Lipinski definition) is 2. The molecule has 1 fully saturated rings. The molecule has 1 heterocycles. The van der Waals surface area contributed by atoms with Gasteiger partial charge in [0.2, 0.25) is 0 Å². The van der Waals surface area contributed by atoms with Gasteiger partial charge in [-0.25, -0.2) is 0 Å². The van der Waals surface area contributed by atoms with Crippen molar-refractivity contribution >= 4 is 16.7 Å². The maximum absolute atomic E-state index is 12.5. The van der Waals surface area contributed by atoms with E-state index in [1.165, 1.54) is 21.2 Å². The van der Waals surface area contributed by atoms with Crippen molar-refractivity contribution in [3.05, 3.63) is 48.0 Å². The lowest BCUT2D eigenvalue weighted by molar-refractivity contribution is -0.148. The van der Waals surface area contributed by atoms with Crippen molar-refractivity contribution in [3.8, 4) is 0 Å². The number of aliphatic imine (C=N–C) groups is 1. The van der Waals surface area contributed by atoms with E-state index >= 15 is 0 Å². The van der Waals surface area contributed by atoms with Gasteiger partial charge < -0.3 is 10.6 Å². The fourth-order valence-corrected chi connectivity index (χ4v) is 3.84. The van der Waals surface area contributed by atoms with Gasteiger partial charge in [-0.3, -0.25) is 9.89 Å². The van der Waals surface area contributed by atoms with Crippen LogP contribution in [0.15, 0.2) is 47.5 Å². The monoisotopic (exact) mass is 406 g/mol. The molecule has 2 aromatic carbocycles. The van der Waals surface area contributed by atoms with Crippen molar-refractivity contribution in [1.29, 1.82) is 0 Å². The van der Waals surface area contributed by atoms with Crippen LogP contribution in [-0.2, 0) is 6.54 Å². The molecule has 0 unspecified atom stereocenters. The summed E-state index contributed by atoms with van der Waals surface area (Å²) in [6, 6.07) is 14.7. The molecular formula is C22H29F3N4. The lowest BCUT2D eigenvalue weighted by atomic mass is 9.93. The van der Waals surface area contributed by atoms with Gasteiger partial charge in [-0.2, -0.15) is 13.2 Å². The first-order chi connectivity index (χ1) is 13.9. The molecule has 2 N–H and O–H groups in total. The highest BCUT2D eigenvalue weighted by Crippen LogP contribution is 2.24. The highest BCUT2D eigenvalue weighted by molar-refractivity contribution is 5.83. The SMILES string of the molecule is CN=C(NCCC1CCN(CC(F)(F)F)CC1)NCc1ccc2ccccc2c1. The normalized spacial score (nSPS) is 16.9. The number of halogens is 3. The van der Waals surface area contributed by atoms with E-state index in [0.717, 1.165) is 31.8 Å². The quantitative estimate of drug-likeness (QED) is 0.559. The van der Waals surface area contributed by atoms with Crippen LogP contribution in [-0.4, -0.2) is 50.3 Å². The number of piperidine rings is 1. The number of nitrogens with one attached hydrogen (secondary N) is 2. The molecule has 0 aromatic heterocycles. The molecule has 0 radical (unpaired) electrons. The van der Waals surface area contributed by atoms with Gasteiger partial charge in [0.15, 0.2) is 5.96 Å². The van der Waals surface area contributed by atoms with E-state index in [2.05, 4.69) is 46.0 Å². The first-order valence-corrected chi connectivity index (χ1v) is 10.1. The summed E-state index contributed by atoms with van der Waals surface area (Å²) >= 11 is 0. The minimum absolute atomic E-state index is 0.463. The van der Waals surface area contributed by atoms with E-state index in [0.29, 0.717) is 25.6 Å². The van der Waals surface area contributed by atoms with Gasteiger partial charge >= 0.3 is 6.18 Å². The Morgan fingerprint density at radius 2 is 1.79 bits per heavy atom. The summed E-state index contributed by atoms with van der Waals surface area (Å²) in [7, 11) is 1.74. The number of fused-ring (bicyclic) bond motifs is 1. The Hall–Kier alpha value is -2.28. The molecule has 0 amide bonds. The van der Waals surface area contributed by atoms with Crippen molar-refractivity contribution in [3.63, 3.8) is 0 Å². The number of alkyl halides is 3. The van der Waals surface area contributed by atoms with Crippen LogP contribution < -0.4 is 10.6 Å². The average molecular weight is 406 g/mol. The summed E-state index contributed by atoms with van der Waals surface area (Å²) in [4.78, 5) is 5.77. The molecule has 158 valence electrons. The molecular weight excluding hydrogens is 377 g/mol. The minimum Gasteiger partial charge on any atom is -0.356 e. The molecule has 0 saturated carbocycles. The van der Waals surface area contributed by atoms with E-state index in [4.69, 9.17) is 0 Å². The van der Waals surface area contributed by atoms with Crippen LogP contribution in [0.3, 0.4) is 0 Å². The molecule has 29 heavy (non-hydrogen) atoms. The van der Waals surface area contributed by atoms with Crippen molar-refractivity contribution in [2.24, 2.45) is 10.9 Å². The fourth-order valence-electron chi connectivity index (χ4n) is 3.84. The number of guanidine groups is 1. The number of benzene rings is 2. The Balaban J connectivity index is 1.37. The van der Waals surface area contributed by atoms with Crippen molar-refractivity contribution < 1.29 is 13.2 Å². The average Bonchev–Trinajstić information content (AvgIpc) is 2.70. The Bertz CT molecular complexity index is 811. The highest BCUT2D eigenvalue weighted by atomic mass is 19.4. The Morgan fingerprint density at radius 3 is 2.48 bits per heavy atom. The number of nitrogens with zero attached hydrogens (tertiary/aromatic N) is 2. The predicted molar refractivity (Wildman–Crippen MR) is 112 cm³/mol. The molecule has 4 nitrogen and oxygen atoms in total. The maximum Gasteiger partial charge on any atom is 0.401 e. The second-order valence-corrected chi connectivity index (χ2v) is 7.66. The number of hydrogen-bond acceptors (Lipinski definition) is 2. The first kappa shape index (κ1) is 21.4. The minimum atomic E-state index is -4.10. The Labute approximate surface area is 170 Å². The zero-order valence-corrected chi connectivity index (χ0v) is 16.8. The molecule has 7 heteroatoms. The lowest BCUT2D eigenvalue weighted by Crippen LogP contribution is -2.41. The van der Waals surface area contributed by atoms with Gasteiger partial charge in [0.25, 0.3) is 0 Å². The van der Waals surface area contributed by atoms with E-state index in [9.17, 15) is 13.2 Å². The summed E-state index contributed by atoms with van der Waals surface area (Å²) in [5.74, 6) is 1.21. The number of likely N-dealkylation sites (tertiary alicyclic amines) is 1. The molecule has 0 bridgehead atoms. The van der Waals surface area contributed by atoms with Crippen LogP contribution in [0.25, 0.3) is 10.8 Å². The van der Waals surface area contributed by atoms with Crippen LogP contribution in [0.5, 0.6) is 0 Å². The molecule has 0 aliphatic carbocycles. The third-order valence-electron chi connectivity index (χ3n) is 5.45. The predicted octanol–water partition coefficient (Wildman–Crippen LogP) is 4.17. The van der Waals surface area contributed by atoms with Crippen molar-refractivity contribution in [2.45, 2.75) is 32.0 Å². The van der Waals surface area contributed by atoms with E-state index < -0.39 is 12.7 Å². The zero-order valence-electron chi connectivity index (χ0n) is 16.8. The van der Waals surface area contributed by atoms with Gasteiger partial charge in [0.05, 0.1) is 6.54 Å². The van der Waals surface area contributed by atoms with E-state index in [-0.39, 0.29) is 0 Å². The third-order valence-corrected chi connectivity index (χ3v) is 5.45. The Kier molecular flexibility index (Phi) is 7.36. The maximum atomic E-state index is 12.5. The van der Waals surface area contributed by atoms with Gasteiger partial charge in [-0.1, -0.05) is 36.4 Å². The summed E-state index contributed by atoms with van der Waals surface area (Å²) in [5.41, 5.74) is 1.18. The van der Waals surface area contributed by atoms with Gasteiger partial charge in [-0.05, 0) is 60.7 Å². The summed E-state index contributed by atoms with van der Waals surface area (Å²) in [6.45, 7) is 1.71. The molecule has 1 aliphatic heterocycles. The lowest BCUT2D eigenvalue weighted by Gasteiger charge is -2.32. The standard InChI is InChI=1S/C22H29F3N4/c1-26-21(28-15-18-6-7-19-4-2-3-5-20(19)14-18)27-11-8-17-9-12-29(13-10-17)16-22(23,24)25/h2-7,14,17H,8-13,15-16H2,1H3,(H2,26,27,28). The summed E-state index contributed by atoms with van der Waals surface area (Å²) in [6.07, 6.45) is -1.52. The molecule has 1 saturated heterocycles. The van der Waals surface area contributed by atoms with E-state index in [1.807, 2.05) is 12.1 Å². The fraction of sp³-hybridized carbons (Fsp3) is 0.500. The van der Waals surface area contributed by atoms with Crippen LogP contribution >= 0.6 is 0 Å². The smallest absolute Gasteiger partial charge is 0.356 e. The van der Waals surface area contributed by atoms with Crippen molar-refractivity contribution in [1.82, 2.24) is 15.5 Å². The molecule has 0 atom stereocenters. The van der Waals surface area contributed by atoms with Crippen LogP contribution in [0, 0.1) is 5.92 Å². The van der Waals surface area contributed by atoms with Gasteiger partial charge in [0.1, 0.15) is 0 Å². The third kappa shape index (κ3) is 6.92. The van der Waals surface area contributed by atoms with Crippen molar-refractivity contribution in [2.75, 3.05) is 33.2 Å². The number of rotatable bonds is 6. The topological polar surface area (TPSA) is 39.7 Å². The van der Waals surface area contributed by atoms with Gasteiger partial charge in [0, 0.05) is 20.1 Å². The largest absolute Gasteiger partial charge is 0.401 e. The zero-order chi connectivity index (χ0) is 20.7. The first-order valence-electron chi connectivity index (χ1n) is 10.1. The van der Waals surface area contributed by atoms with Crippen LogP contribution in [0.4, 0.5) is 13.2 Å². The summed E-state index contributed by atoms with van der Waals surface area (Å²) < 4.78 is 37.4. The second kappa shape index (κ2) is 9.96. The van der Waals surface area contributed by atoms with Crippen LogP contribution in [0.1, 0.15) is 24.8 Å². The molecule has 1 aliphatic rings. The molecule has 3 rings (SSSR count). The molecule has 2 aromatic rings. The molecule has 0 spiro atoms. The summed E-state index contributed by atoms with van der Waals surface area (Å²) in [5, 5.41) is 9.08. The Morgan fingerprint density at radius 1 is 1.07 bits per heavy atom.